The van der Waals surface area contributed by atoms with Crippen molar-refractivity contribution in [1.29, 1.82) is 0 Å². The van der Waals surface area contributed by atoms with Crippen molar-refractivity contribution in [2.75, 3.05) is 24.6 Å². The lowest BCUT2D eigenvalue weighted by atomic mass is 10.7. The molecule has 1 aliphatic rings. The van der Waals surface area contributed by atoms with Gasteiger partial charge in [0.1, 0.15) is 0 Å². The zero-order chi connectivity index (χ0) is 6.91. The van der Waals surface area contributed by atoms with Crippen molar-refractivity contribution < 1.29 is 0 Å². The van der Waals surface area contributed by atoms with Crippen LogP contribution < -0.4 is 5.32 Å². The summed E-state index contributed by atoms with van der Waals surface area (Å²) >= 11 is 0. The maximum Gasteiger partial charge on any atom is 0.0257 e. The van der Waals surface area contributed by atoms with Crippen LogP contribution in [0.4, 0.5) is 0 Å². The summed E-state index contributed by atoms with van der Waals surface area (Å²) in [4.78, 5) is 0. The zero-order valence-corrected chi connectivity index (χ0v) is 7.42. The molecular formula is C7H17NS. The fourth-order valence-electron chi connectivity index (χ4n) is 0.655. The quantitative estimate of drug-likeness (QED) is 0.636. The summed E-state index contributed by atoms with van der Waals surface area (Å²) in [6.07, 6.45) is 9.87. The lowest BCUT2D eigenvalue weighted by Gasteiger charge is -2.25. The third kappa shape index (κ3) is 3.82. The van der Waals surface area contributed by atoms with E-state index in [4.69, 9.17) is 0 Å². The summed E-state index contributed by atoms with van der Waals surface area (Å²) in [6, 6.07) is 0.886. The first kappa shape index (κ1) is 7.42. The molecule has 0 aliphatic heterocycles. The summed E-state index contributed by atoms with van der Waals surface area (Å²) in [7, 11) is -0.290. The molecule has 1 rings (SSSR count). The second kappa shape index (κ2) is 2.51. The van der Waals surface area contributed by atoms with E-state index in [1.165, 1.54) is 18.7 Å². The molecule has 0 amide bonds. The molecule has 1 N–H and O–H groups in total. The Morgan fingerprint density at radius 3 is 2.22 bits per heavy atom. The van der Waals surface area contributed by atoms with E-state index in [0.717, 1.165) is 6.04 Å². The Labute approximate surface area is 59.5 Å². The molecule has 1 aliphatic carbocycles. The van der Waals surface area contributed by atoms with Crippen molar-refractivity contribution in [2.24, 2.45) is 0 Å². The molecule has 0 radical (unpaired) electrons. The Kier molecular flexibility index (Phi) is 2.07. The van der Waals surface area contributed by atoms with Crippen LogP contribution in [0.2, 0.25) is 0 Å². The maximum atomic E-state index is 3.53. The summed E-state index contributed by atoms with van der Waals surface area (Å²) in [6.45, 7) is 0. The monoisotopic (exact) mass is 147 g/mol. The molecule has 0 unspecified atom stereocenters. The van der Waals surface area contributed by atoms with Crippen LogP contribution in [0.15, 0.2) is 0 Å². The van der Waals surface area contributed by atoms with E-state index < -0.39 is 0 Å². The van der Waals surface area contributed by atoms with Crippen LogP contribution in [0, 0.1) is 0 Å². The molecular weight excluding hydrogens is 130 g/mol. The molecule has 9 heavy (non-hydrogen) atoms. The predicted octanol–water partition coefficient (Wildman–Crippen LogP) is 1.39. The molecule has 0 heterocycles. The van der Waals surface area contributed by atoms with Gasteiger partial charge in [0, 0.05) is 11.9 Å². The van der Waals surface area contributed by atoms with E-state index in [1.807, 2.05) is 0 Å². The largest absolute Gasteiger partial charge is 0.306 e. The molecule has 1 nitrogen and oxygen atoms in total. The number of nitrogens with one attached hydrogen (secondary N) is 1. The van der Waals surface area contributed by atoms with E-state index in [-0.39, 0.29) is 10.0 Å². The van der Waals surface area contributed by atoms with Crippen molar-refractivity contribution in [1.82, 2.24) is 5.32 Å². The van der Waals surface area contributed by atoms with Gasteiger partial charge in [-0.1, -0.05) is 0 Å². The number of rotatable bonds is 3. The average Bonchev–Trinajstić information content (AvgIpc) is 2.38. The minimum absolute atomic E-state index is 0.290. The van der Waals surface area contributed by atoms with Gasteiger partial charge in [0.15, 0.2) is 0 Å². The molecule has 1 saturated carbocycles. The van der Waals surface area contributed by atoms with Gasteiger partial charge in [-0.05, 0) is 31.6 Å². The van der Waals surface area contributed by atoms with Crippen molar-refractivity contribution >= 4 is 10.0 Å². The van der Waals surface area contributed by atoms with Crippen LogP contribution in [0.25, 0.3) is 0 Å². The molecule has 0 bridgehead atoms. The van der Waals surface area contributed by atoms with E-state index in [9.17, 15) is 0 Å². The summed E-state index contributed by atoms with van der Waals surface area (Å²) < 4.78 is 0. The lowest BCUT2D eigenvalue weighted by Crippen LogP contribution is -2.21. The highest BCUT2D eigenvalue weighted by Gasteiger charge is 2.21. The minimum Gasteiger partial charge on any atom is -0.306 e. The zero-order valence-electron chi connectivity index (χ0n) is 6.61. The highest BCUT2D eigenvalue weighted by molar-refractivity contribution is 8.32. The Hall–Kier alpha value is 0.310. The molecule has 56 valence electrons. The second-order valence-corrected chi connectivity index (χ2v) is 8.18. The first-order valence-electron chi connectivity index (χ1n) is 3.47. The Morgan fingerprint density at radius 1 is 1.33 bits per heavy atom. The van der Waals surface area contributed by atoms with Gasteiger partial charge in [-0.2, -0.15) is 0 Å². The van der Waals surface area contributed by atoms with Gasteiger partial charge >= 0.3 is 0 Å². The molecule has 0 aromatic heterocycles. The third-order valence-electron chi connectivity index (χ3n) is 1.38. The van der Waals surface area contributed by atoms with Crippen LogP contribution in [0.3, 0.4) is 0 Å². The van der Waals surface area contributed by atoms with Gasteiger partial charge in [0.25, 0.3) is 0 Å². The van der Waals surface area contributed by atoms with E-state index in [1.54, 1.807) is 0 Å². The first-order valence-corrected chi connectivity index (χ1v) is 6.50. The second-order valence-electron chi connectivity index (χ2n) is 3.71. The van der Waals surface area contributed by atoms with Gasteiger partial charge in [-0.25, -0.2) is 10.0 Å². The van der Waals surface area contributed by atoms with Gasteiger partial charge in [-0.15, -0.1) is 0 Å². The standard InChI is InChI=1S/C7H17NS/c1-9(2,3)6-8-7-4-5-7/h7-8H,4-6H2,1-3H3. The van der Waals surface area contributed by atoms with Crippen molar-refractivity contribution in [2.45, 2.75) is 18.9 Å². The van der Waals surface area contributed by atoms with Crippen molar-refractivity contribution in [3.05, 3.63) is 0 Å². The summed E-state index contributed by atoms with van der Waals surface area (Å²) in [5.74, 6) is 1.25. The average molecular weight is 147 g/mol. The Morgan fingerprint density at radius 2 is 1.89 bits per heavy atom. The molecule has 0 atom stereocenters. The lowest BCUT2D eigenvalue weighted by molar-refractivity contribution is 0.785. The van der Waals surface area contributed by atoms with Crippen molar-refractivity contribution in [3.63, 3.8) is 0 Å². The fourth-order valence-corrected chi connectivity index (χ4v) is 1.39. The summed E-state index contributed by atoms with van der Waals surface area (Å²) in [5.41, 5.74) is 0. The van der Waals surface area contributed by atoms with Gasteiger partial charge in [-0.3, -0.25) is 0 Å². The number of hydrogen-bond donors (Lipinski definition) is 1. The topological polar surface area (TPSA) is 12.0 Å². The SMILES string of the molecule is CS(C)(C)CNC1CC1. The van der Waals surface area contributed by atoms with E-state index in [0.29, 0.717) is 0 Å². The van der Waals surface area contributed by atoms with Gasteiger partial charge < -0.3 is 5.32 Å². The number of hydrogen-bond acceptors (Lipinski definition) is 1. The predicted molar refractivity (Wildman–Crippen MR) is 46.4 cm³/mol. The highest BCUT2D eigenvalue weighted by atomic mass is 32.3. The Balaban J connectivity index is 2.03. The van der Waals surface area contributed by atoms with E-state index >= 15 is 0 Å². The van der Waals surface area contributed by atoms with Crippen LogP contribution in [0.5, 0.6) is 0 Å². The smallest absolute Gasteiger partial charge is 0.0257 e. The molecule has 0 aromatic carbocycles. The Bertz CT molecular complexity index is 91.6. The highest BCUT2D eigenvalue weighted by Crippen LogP contribution is 2.34. The van der Waals surface area contributed by atoms with Gasteiger partial charge in [0.05, 0.1) is 0 Å². The molecule has 0 spiro atoms. The van der Waals surface area contributed by atoms with Crippen LogP contribution in [-0.2, 0) is 0 Å². The normalized spacial score (nSPS) is 22.1. The molecule has 0 aromatic rings. The molecule has 0 saturated heterocycles. The third-order valence-corrected chi connectivity index (χ3v) is 2.42. The first-order chi connectivity index (χ1) is 4.08. The van der Waals surface area contributed by atoms with Crippen LogP contribution >= 0.6 is 10.0 Å². The summed E-state index contributed by atoms with van der Waals surface area (Å²) in [5, 5.41) is 3.53. The van der Waals surface area contributed by atoms with Crippen LogP contribution in [0.1, 0.15) is 12.8 Å². The van der Waals surface area contributed by atoms with Crippen LogP contribution in [-0.4, -0.2) is 30.7 Å². The minimum atomic E-state index is -0.290. The van der Waals surface area contributed by atoms with E-state index in [2.05, 4.69) is 24.1 Å². The maximum absolute atomic E-state index is 3.53. The van der Waals surface area contributed by atoms with Gasteiger partial charge in [0.2, 0.25) is 0 Å². The molecule has 1 fully saturated rings. The van der Waals surface area contributed by atoms with Crippen molar-refractivity contribution in [3.8, 4) is 0 Å². The fraction of sp³-hybridized carbons (Fsp3) is 1.00. The molecule has 2 heteroatoms.